The van der Waals surface area contributed by atoms with Crippen LogP contribution in [-0.2, 0) is 11.2 Å². The highest BCUT2D eigenvalue weighted by Gasteiger charge is 1.92. The van der Waals surface area contributed by atoms with Crippen molar-refractivity contribution in [2.45, 2.75) is 13.3 Å². The fourth-order valence-corrected chi connectivity index (χ4v) is 0.810. The Morgan fingerprint density at radius 2 is 1.92 bits per heavy atom. The molecule has 0 atom stereocenters. The molecule has 0 heterocycles. The zero-order valence-corrected chi connectivity index (χ0v) is 6.90. The number of aryl methyl sites for hydroxylation is 1. The summed E-state index contributed by atoms with van der Waals surface area (Å²) in [5.41, 5.74) is 1.01. The van der Waals surface area contributed by atoms with Crippen molar-refractivity contribution in [3.8, 4) is 5.75 Å². The Hall–Kier alpha value is -1.51. The largest absolute Gasteiger partial charge is 0.508 e. The van der Waals surface area contributed by atoms with Gasteiger partial charge in [0, 0.05) is 0 Å². The minimum atomic E-state index is -0.250. The summed E-state index contributed by atoms with van der Waals surface area (Å²) in [7, 11) is 0. The normalized spacial score (nSPS) is 8.08. The number of phenolic OH excluding ortho intramolecular Hbond substituents is 1. The van der Waals surface area contributed by atoms with Gasteiger partial charge in [0.2, 0.25) is 0 Å². The van der Waals surface area contributed by atoms with Crippen LogP contribution in [0.3, 0.4) is 0 Å². The van der Waals surface area contributed by atoms with E-state index in [0.29, 0.717) is 5.75 Å². The van der Waals surface area contributed by atoms with Crippen molar-refractivity contribution in [1.82, 2.24) is 0 Å². The van der Waals surface area contributed by atoms with Gasteiger partial charge in [-0.2, -0.15) is 0 Å². The molecule has 3 heteroatoms. The van der Waals surface area contributed by atoms with Gasteiger partial charge in [0.25, 0.3) is 6.47 Å². The predicted octanol–water partition coefficient (Wildman–Crippen LogP) is 1.66. The van der Waals surface area contributed by atoms with E-state index in [-0.39, 0.29) is 6.47 Å². The van der Waals surface area contributed by atoms with Crippen LogP contribution in [0.15, 0.2) is 24.3 Å². The summed E-state index contributed by atoms with van der Waals surface area (Å²) in [6.45, 7) is 1.77. The Morgan fingerprint density at radius 1 is 1.42 bits per heavy atom. The van der Waals surface area contributed by atoms with Gasteiger partial charge in [0.05, 0.1) is 0 Å². The predicted molar refractivity (Wildman–Crippen MR) is 46.2 cm³/mol. The van der Waals surface area contributed by atoms with Crippen molar-refractivity contribution in [1.29, 1.82) is 0 Å². The Bertz CT molecular complexity index is 233. The number of hydrogen-bond donors (Lipinski definition) is 2. The van der Waals surface area contributed by atoms with Crippen LogP contribution in [0.1, 0.15) is 12.5 Å². The SMILES string of the molecule is CCc1ccccc1O.O=CO. The molecule has 3 nitrogen and oxygen atoms in total. The lowest BCUT2D eigenvalue weighted by atomic mass is 10.1. The molecule has 0 amide bonds. The zero-order chi connectivity index (χ0) is 9.40. The molecule has 0 unspecified atom stereocenters. The molecule has 0 saturated carbocycles. The Labute approximate surface area is 71.3 Å². The van der Waals surface area contributed by atoms with Crippen LogP contribution in [-0.4, -0.2) is 16.7 Å². The van der Waals surface area contributed by atoms with Crippen molar-refractivity contribution >= 4 is 6.47 Å². The van der Waals surface area contributed by atoms with Gasteiger partial charge in [-0.1, -0.05) is 25.1 Å². The number of phenols is 1. The molecule has 1 rings (SSSR count). The lowest BCUT2D eigenvalue weighted by Crippen LogP contribution is -1.77. The lowest BCUT2D eigenvalue weighted by Gasteiger charge is -1.97. The fraction of sp³-hybridized carbons (Fsp3) is 0.222. The minimum absolute atomic E-state index is 0.250. The average Bonchev–Trinajstić information content (AvgIpc) is 2.07. The second kappa shape index (κ2) is 6.22. The van der Waals surface area contributed by atoms with Gasteiger partial charge < -0.3 is 10.2 Å². The molecule has 0 aliphatic carbocycles. The first-order valence-electron chi connectivity index (χ1n) is 3.61. The molecule has 0 aliphatic heterocycles. The molecule has 66 valence electrons. The van der Waals surface area contributed by atoms with Gasteiger partial charge in [0.15, 0.2) is 0 Å². The van der Waals surface area contributed by atoms with Crippen molar-refractivity contribution in [2.24, 2.45) is 0 Å². The number of carboxylic acid groups (broad SMARTS) is 1. The molecule has 0 saturated heterocycles. The summed E-state index contributed by atoms with van der Waals surface area (Å²) in [6, 6.07) is 7.39. The smallest absolute Gasteiger partial charge is 0.290 e. The number of aromatic hydroxyl groups is 1. The van der Waals surface area contributed by atoms with Crippen LogP contribution in [0.5, 0.6) is 5.75 Å². The van der Waals surface area contributed by atoms with Crippen LogP contribution in [0.25, 0.3) is 0 Å². The van der Waals surface area contributed by atoms with Gasteiger partial charge in [0.1, 0.15) is 5.75 Å². The molecule has 12 heavy (non-hydrogen) atoms. The minimum Gasteiger partial charge on any atom is -0.508 e. The van der Waals surface area contributed by atoms with Crippen molar-refractivity contribution < 1.29 is 15.0 Å². The third-order valence-corrected chi connectivity index (χ3v) is 1.37. The first-order valence-corrected chi connectivity index (χ1v) is 3.61. The van der Waals surface area contributed by atoms with E-state index in [0.717, 1.165) is 12.0 Å². The van der Waals surface area contributed by atoms with E-state index in [4.69, 9.17) is 15.0 Å². The number of rotatable bonds is 1. The summed E-state index contributed by atoms with van der Waals surface area (Å²) in [6.07, 6.45) is 0.896. The highest BCUT2D eigenvalue weighted by Crippen LogP contribution is 2.14. The van der Waals surface area contributed by atoms with Gasteiger partial charge in [-0.25, -0.2) is 0 Å². The average molecular weight is 168 g/mol. The van der Waals surface area contributed by atoms with E-state index in [1.807, 2.05) is 25.1 Å². The second-order valence-electron chi connectivity index (χ2n) is 2.09. The van der Waals surface area contributed by atoms with Crippen molar-refractivity contribution in [3.05, 3.63) is 29.8 Å². The molecule has 0 bridgehead atoms. The highest BCUT2D eigenvalue weighted by atomic mass is 16.3. The maximum atomic E-state index is 9.11. The third kappa shape index (κ3) is 3.61. The second-order valence-corrected chi connectivity index (χ2v) is 2.09. The van der Waals surface area contributed by atoms with Gasteiger partial charge in [-0.05, 0) is 18.1 Å². The first-order chi connectivity index (χ1) is 5.76. The summed E-state index contributed by atoms with van der Waals surface area (Å²) in [4.78, 5) is 8.36. The maximum Gasteiger partial charge on any atom is 0.290 e. The van der Waals surface area contributed by atoms with Crippen LogP contribution in [0.2, 0.25) is 0 Å². The molecule has 1 aromatic carbocycles. The van der Waals surface area contributed by atoms with Gasteiger partial charge >= 0.3 is 0 Å². The van der Waals surface area contributed by atoms with E-state index < -0.39 is 0 Å². The van der Waals surface area contributed by atoms with Gasteiger partial charge in [-0.15, -0.1) is 0 Å². The Balaban J connectivity index is 0.000000354. The van der Waals surface area contributed by atoms with Crippen molar-refractivity contribution in [2.75, 3.05) is 0 Å². The molecule has 0 radical (unpaired) electrons. The molecular formula is C9H12O3. The number of benzene rings is 1. The lowest BCUT2D eigenvalue weighted by molar-refractivity contribution is -0.122. The summed E-state index contributed by atoms with van der Waals surface area (Å²) >= 11 is 0. The van der Waals surface area contributed by atoms with Crippen molar-refractivity contribution in [3.63, 3.8) is 0 Å². The third-order valence-electron chi connectivity index (χ3n) is 1.37. The Morgan fingerprint density at radius 3 is 2.25 bits per heavy atom. The maximum absolute atomic E-state index is 9.11. The first kappa shape index (κ1) is 10.5. The molecule has 2 N–H and O–H groups in total. The summed E-state index contributed by atoms with van der Waals surface area (Å²) in [5.74, 6) is 0.403. The van der Waals surface area contributed by atoms with Gasteiger partial charge in [-0.3, -0.25) is 4.79 Å². The van der Waals surface area contributed by atoms with Crippen LogP contribution >= 0.6 is 0 Å². The zero-order valence-electron chi connectivity index (χ0n) is 6.90. The van der Waals surface area contributed by atoms with E-state index in [1.165, 1.54) is 0 Å². The Kier molecular flexibility index (Phi) is 5.43. The quantitative estimate of drug-likeness (QED) is 0.627. The van der Waals surface area contributed by atoms with Crippen LogP contribution in [0, 0.1) is 0 Å². The van der Waals surface area contributed by atoms with E-state index >= 15 is 0 Å². The number of para-hydroxylation sites is 1. The fourth-order valence-electron chi connectivity index (χ4n) is 0.810. The molecule has 0 fully saturated rings. The molecule has 0 aromatic heterocycles. The molecule has 0 spiro atoms. The summed E-state index contributed by atoms with van der Waals surface area (Å²) in [5, 5.41) is 16.0. The highest BCUT2D eigenvalue weighted by molar-refractivity contribution is 5.32. The number of hydrogen-bond acceptors (Lipinski definition) is 2. The number of carbonyl (C=O) groups is 1. The monoisotopic (exact) mass is 168 g/mol. The van der Waals surface area contributed by atoms with Crippen LogP contribution in [0.4, 0.5) is 0 Å². The van der Waals surface area contributed by atoms with Crippen LogP contribution < -0.4 is 0 Å². The molecule has 0 aliphatic rings. The van der Waals surface area contributed by atoms with E-state index in [2.05, 4.69) is 0 Å². The molecule has 1 aromatic rings. The van der Waals surface area contributed by atoms with E-state index in [1.54, 1.807) is 6.07 Å². The summed E-state index contributed by atoms with van der Waals surface area (Å²) < 4.78 is 0. The van der Waals surface area contributed by atoms with E-state index in [9.17, 15) is 0 Å². The molecular weight excluding hydrogens is 156 g/mol. The standard InChI is InChI=1S/C8H10O.CH2O2/c1-2-7-5-3-4-6-8(7)9;2-1-3/h3-6,9H,2H2,1H3;1H,(H,2,3). The topological polar surface area (TPSA) is 57.5 Å².